The first-order valence-corrected chi connectivity index (χ1v) is 14.4. The zero-order valence-corrected chi connectivity index (χ0v) is 23.9. The number of benzene rings is 3. The second kappa shape index (κ2) is 13.1. The average Bonchev–Trinajstić information content (AvgIpc) is 2.92. The second-order valence-corrected chi connectivity index (χ2v) is 11.3. The van der Waals surface area contributed by atoms with Gasteiger partial charge in [0.15, 0.2) is 0 Å². The number of amides is 2. The number of aryl methyl sites for hydroxylation is 1. The van der Waals surface area contributed by atoms with E-state index in [4.69, 9.17) is 23.2 Å². The summed E-state index contributed by atoms with van der Waals surface area (Å²) in [4.78, 5) is 28.1. The Morgan fingerprint density at radius 1 is 0.947 bits per heavy atom. The normalized spacial score (nSPS) is 12.0. The van der Waals surface area contributed by atoms with Gasteiger partial charge in [-0.2, -0.15) is 0 Å². The fourth-order valence-corrected chi connectivity index (χ4v) is 5.97. The Morgan fingerprint density at radius 2 is 1.61 bits per heavy atom. The van der Waals surface area contributed by atoms with Crippen molar-refractivity contribution in [2.45, 2.75) is 44.2 Å². The molecule has 0 aliphatic carbocycles. The van der Waals surface area contributed by atoms with Crippen molar-refractivity contribution in [3.63, 3.8) is 0 Å². The van der Waals surface area contributed by atoms with Crippen LogP contribution in [0.3, 0.4) is 0 Å². The van der Waals surface area contributed by atoms with Gasteiger partial charge in [-0.3, -0.25) is 13.9 Å². The Balaban J connectivity index is 2.07. The molecule has 1 atom stereocenters. The minimum Gasteiger partial charge on any atom is -0.357 e. The minimum atomic E-state index is -4.11. The maximum absolute atomic E-state index is 13.9. The molecule has 0 radical (unpaired) electrons. The third-order valence-electron chi connectivity index (χ3n) is 6.23. The average molecular weight is 577 g/mol. The van der Waals surface area contributed by atoms with Crippen LogP contribution in [0.2, 0.25) is 10.0 Å². The Hall–Kier alpha value is -3.07. The van der Waals surface area contributed by atoms with Gasteiger partial charge in [-0.05, 0) is 60.4 Å². The van der Waals surface area contributed by atoms with Gasteiger partial charge in [-0.25, -0.2) is 8.42 Å². The summed E-state index contributed by atoms with van der Waals surface area (Å²) in [5.41, 5.74) is 1.95. The lowest BCUT2D eigenvalue weighted by molar-refractivity contribution is -0.140. The molecule has 0 saturated heterocycles. The van der Waals surface area contributed by atoms with E-state index in [1.54, 1.807) is 55.5 Å². The number of rotatable bonds is 11. The lowest BCUT2D eigenvalue weighted by Crippen LogP contribution is -2.51. The van der Waals surface area contributed by atoms with Gasteiger partial charge in [0.2, 0.25) is 11.8 Å². The summed E-state index contributed by atoms with van der Waals surface area (Å²) in [7, 11) is -2.61. The van der Waals surface area contributed by atoms with Crippen molar-refractivity contribution in [1.29, 1.82) is 0 Å². The van der Waals surface area contributed by atoms with Crippen LogP contribution in [0.25, 0.3) is 0 Å². The summed E-state index contributed by atoms with van der Waals surface area (Å²) < 4.78 is 28.6. The highest BCUT2D eigenvalue weighted by atomic mass is 35.5. The first-order valence-electron chi connectivity index (χ1n) is 12.2. The maximum Gasteiger partial charge on any atom is 0.264 e. The topological polar surface area (TPSA) is 86.8 Å². The number of carbonyl (C=O) groups excluding carboxylic acids is 2. The molecule has 0 fully saturated rings. The molecule has 1 unspecified atom stereocenters. The summed E-state index contributed by atoms with van der Waals surface area (Å²) in [6.45, 7) is 3.27. The first kappa shape index (κ1) is 29.5. The summed E-state index contributed by atoms with van der Waals surface area (Å²) in [6.07, 6.45) is 1.10. The van der Waals surface area contributed by atoms with E-state index < -0.39 is 28.5 Å². The van der Waals surface area contributed by atoms with Gasteiger partial charge in [0.05, 0.1) is 10.6 Å². The van der Waals surface area contributed by atoms with Crippen LogP contribution in [0, 0.1) is 0 Å². The summed E-state index contributed by atoms with van der Waals surface area (Å²) in [5, 5.41) is 3.37. The Labute approximate surface area is 234 Å². The van der Waals surface area contributed by atoms with Crippen molar-refractivity contribution in [3.8, 4) is 0 Å². The van der Waals surface area contributed by atoms with Crippen LogP contribution in [-0.2, 0) is 32.6 Å². The predicted molar refractivity (Wildman–Crippen MR) is 152 cm³/mol. The van der Waals surface area contributed by atoms with E-state index in [1.807, 2.05) is 19.1 Å². The molecular weight excluding hydrogens is 545 g/mol. The van der Waals surface area contributed by atoms with Crippen LogP contribution in [0.5, 0.6) is 0 Å². The van der Waals surface area contributed by atoms with Gasteiger partial charge >= 0.3 is 0 Å². The van der Waals surface area contributed by atoms with Crippen molar-refractivity contribution in [1.82, 2.24) is 10.2 Å². The molecular formula is C28H31Cl2N3O4S. The summed E-state index contributed by atoms with van der Waals surface area (Å²) >= 11 is 12.4. The van der Waals surface area contributed by atoms with Gasteiger partial charge in [0.25, 0.3) is 10.0 Å². The third-order valence-corrected chi connectivity index (χ3v) is 8.61. The largest absolute Gasteiger partial charge is 0.357 e. The van der Waals surface area contributed by atoms with Crippen molar-refractivity contribution < 1.29 is 18.0 Å². The standard InChI is InChI=1S/C28H31Cl2N3O4S/c1-4-20-11-15-23(16-12-20)33(38(36,37)24-9-7-6-8-10-24)19-27(34)32(26(5-2)28(35)31-3)18-21-13-14-22(29)17-25(21)30/h6-17,26H,4-5,18-19H2,1-3H3,(H,31,35). The smallest absolute Gasteiger partial charge is 0.264 e. The molecule has 38 heavy (non-hydrogen) atoms. The quantitative estimate of drug-likeness (QED) is 0.336. The number of sulfonamides is 1. The maximum atomic E-state index is 13.9. The lowest BCUT2D eigenvalue weighted by Gasteiger charge is -2.33. The molecule has 0 aliphatic heterocycles. The number of hydrogen-bond acceptors (Lipinski definition) is 4. The van der Waals surface area contributed by atoms with E-state index in [2.05, 4.69) is 5.32 Å². The fourth-order valence-electron chi connectivity index (χ4n) is 4.07. The number of nitrogens with zero attached hydrogens (tertiary/aromatic N) is 2. The Kier molecular flexibility index (Phi) is 10.2. The number of hydrogen-bond donors (Lipinski definition) is 1. The zero-order chi connectivity index (χ0) is 27.9. The predicted octanol–water partition coefficient (Wildman–Crippen LogP) is 5.30. The molecule has 3 rings (SSSR count). The Bertz CT molecular complexity index is 1370. The summed E-state index contributed by atoms with van der Waals surface area (Å²) in [6, 6.07) is 19.0. The van der Waals surface area contributed by atoms with Crippen LogP contribution >= 0.6 is 23.2 Å². The van der Waals surface area contributed by atoms with Crippen LogP contribution in [0.1, 0.15) is 31.4 Å². The van der Waals surface area contributed by atoms with Crippen molar-refractivity contribution in [2.24, 2.45) is 0 Å². The highest BCUT2D eigenvalue weighted by Crippen LogP contribution is 2.27. The van der Waals surface area contributed by atoms with E-state index in [-0.39, 0.29) is 17.3 Å². The second-order valence-electron chi connectivity index (χ2n) is 8.64. The molecule has 0 saturated carbocycles. The monoisotopic (exact) mass is 575 g/mol. The van der Waals surface area contributed by atoms with Crippen molar-refractivity contribution in [3.05, 3.63) is 94.0 Å². The molecule has 7 nitrogen and oxygen atoms in total. The van der Waals surface area contributed by atoms with Gasteiger partial charge in [0.1, 0.15) is 12.6 Å². The van der Waals surface area contributed by atoms with Crippen LogP contribution in [0.15, 0.2) is 77.7 Å². The van der Waals surface area contributed by atoms with E-state index in [0.29, 0.717) is 27.7 Å². The lowest BCUT2D eigenvalue weighted by atomic mass is 10.1. The van der Waals surface area contributed by atoms with Gasteiger partial charge < -0.3 is 10.2 Å². The van der Waals surface area contributed by atoms with Crippen LogP contribution in [0.4, 0.5) is 5.69 Å². The SMILES string of the molecule is CCc1ccc(N(CC(=O)N(Cc2ccc(Cl)cc2Cl)C(CC)C(=O)NC)S(=O)(=O)c2ccccc2)cc1. The molecule has 202 valence electrons. The van der Waals surface area contributed by atoms with Gasteiger partial charge in [-0.1, -0.05) is 73.4 Å². The number of carbonyl (C=O) groups is 2. The number of halogens is 2. The molecule has 0 bridgehead atoms. The van der Waals surface area contributed by atoms with E-state index in [0.717, 1.165) is 16.3 Å². The van der Waals surface area contributed by atoms with Crippen molar-refractivity contribution >= 4 is 50.7 Å². The van der Waals surface area contributed by atoms with Crippen LogP contribution in [-0.4, -0.2) is 44.8 Å². The summed E-state index contributed by atoms with van der Waals surface area (Å²) in [5.74, 6) is -0.916. The molecule has 3 aromatic carbocycles. The fraction of sp³-hybridized carbons (Fsp3) is 0.286. The van der Waals surface area contributed by atoms with E-state index in [1.165, 1.54) is 24.1 Å². The Morgan fingerprint density at radius 3 is 2.16 bits per heavy atom. The van der Waals surface area contributed by atoms with Gasteiger partial charge in [-0.15, -0.1) is 0 Å². The molecule has 0 aromatic heterocycles. The molecule has 10 heteroatoms. The molecule has 1 N–H and O–H groups in total. The van der Waals surface area contributed by atoms with E-state index >= 15 is 0 Å². The van der Waals surface area contributed by atoms with Gasteiger partial charge in [0, 0.05) is 23.6 Å². The molecule has 2 amide bonds. The number of nitrogens with one attached hydrogen (secondary N) is 1. The molecule has 0 aliphatic rings. The first-order chi connectivity index (χ1) is 18.1. The van der Waals surface area contributed by atoms with Crippen LogP contribution < -0.4 is 9.62 Å². The number of anilines is 1. The minimum absolute atomic E-state index is 0.00520. The third kappa shape index (κ3) is 6.87. The number of likely N-dealkylation sites (N-methyl/N-ethyl adjacent to an activating group) is 1. The highest BCUT2D eigenvalue weighted by molar-refractivity contribution is 7.92. The highest BCUT2D eigenvalue weighted by Gasteiger charge is 2.33. The molecule has 0 spiro atoms. The van der Waals surface area contributed by atoms with Crippen molar-refractivity contribution in [2.75, 3.05) is 17.9 Å². The molecule has 0 heterocycles. The molecule has 3 aromatic rings. The van der Waals surface area contributed by atoms with E-state index in [9.17, 15) is 18.0 Å². The zero-order valence-electron chi connectivity index (χ0n) is 21.5.